The highest BCUT2D eigenvalue weighted by molar-refractivity contribution is 5.94. The molecule has 0 bridgehead atoms. The molecule has 0 radical (unpaired) electrons. The zero-order valence-electron chi connectivity index (χ0n) is 16.6. The number of methoxy groups -OCH3 is 2. The highest BCUT2D eigenvalue weighted by atomic mass is 16.5. The van der Waals surface area contributed by atoms with Crippen LogP contribution in [0.3, 0.4) is 0 Å². The lowest BCUT2D eigenvalue weighted by atomic mass is 10.1. The fraction of sp³-hybridized carbons (Fsp3) is 0.450. The number of nitrogens with two attached hydrogens (primary N) is 1. The van der Waals surface area contributed by atoms with Crippen molar-refractivity contribution >= 4 is 11.6 Å². The first-order valence-corrected chi connectivity index (χ1v) is 9.28. The van der Waals surface area contributed by atoms with Gasteiger partial charge in [0.2, 0.25) is 0 Å². The average Bonchev–Trinajstić information content (AvgIpc) is 3.15. The summed E-state index contributed by atoms with van der Waals surface area (Å²) in [6.45, 7) is 5.48. The number of hydrogen-bond donors (Lipinski definition) is 2. The highest BCUT2D eigenvalue weighted by Crippen LogP contribution is 2.29. The van der Waals surface area contributed by atoms with Crippen LogP contribution in [0.4, 0.5) is 5.69 Å². The molecule has 0 aliphatic carbocycles. The second-order valence-electron chi connectivity index (χ2n) is 6.53. The number of furan rings is 1. The van der Waals surface area contributed by atoms with Crippen molar-refractivity contribution in [2.45, 2.75) is 13.0 Å². The van der Waals surface area contributed by atoms with E-state index in [1.165, 1.54) is 0 Å². The molecule has 2 aromatic rings. The third-order valence-electron chi connectivity index (χ3n) is 4.68. The molecular weight excluding hydrogens is 360 g/mol. The summed E-state index contributed by atoms with van der Waals surface area (Å²) in [5.41, 5.74) is 6.84. The largest absolute Gasteiger partial charge is 0.497 e. The van der Waals surface area contributed by atoms with Crippen LogP contribution in [0.2, 0.25) is 0 Å². The van der Waals surface area contributed by atoms with Gasteiger partial charge < -0.3 is 29.7 Å². The Morgan fingerprint density at radius 2 is 2.00 bits per heavy atom. The van der Waals surface area contributed by atoms with Crippen LogP contribution in [-0.2, 0) is 4.74 Å². The molecule has 0 saturated carbocycles. The lowest BCUT2D eigenvalue weighted by molar-refractivity contribution is 0.0135. The molecule has 28 heavy (non-hydrogen) atoms. The van der Waals surface area contributed by atoms with Crippen molar-refractivity contribution in [1.82, 2.24) is 4.90 Å². The molecule has 8 heteroatoms. The number of aliphatic imine (C=N–C) groups is 1. The minimum absolute atomic E-state index is 0.00477. The summed E-state index contributed by atoms with van der Waals surface area (Å²) in [6.07, 6.45) is 0. The average molecular weight is 388 g/mol. The van der Waals surface area contributed by atoms with E-state index in [0.717, 1.165) is 24.6 Å². The van der Waals surface area contributed by atoms with E-state index in [0.29, 0.717) is 42.9 Å². The van der Waals surface area contributed by atoms with E-state index in [1.54, 1.807) is 14.2 Å². The summed E-state index contributed by atoms with van der Waals surface area (Å²) in [7, 11) is 3.22. The van der Waals surface area contributed by atoms with Crippen LogP contribution in [0.5, 0.6) is 11.5 Å². The maximum absolute atomic E-state index is 6.15. The van der Waals surface area contributed by atoms with Crippen molar-refractivity contribution in [3.05, 3.63) is 41.9 Å². The molecule has 152 valence electrons. The van der Waals surface area contributed by atoms with Crippen molar-refractivity contribution < 1.29 is 18.6 Å². The van der Waals surface area contributed by atoms with E-state index in [4.69, 9.17) is 24.4 Å². The molecule has 8 nitrogen and oxygen atoms in total. The molecule has 0 amide bonds. The molecule has 1 aliphatic heterocycles. The van der Waals surface area contributed by atoms with Crippen LogP contribution in [0.1, 0.15) is 17.6 Å². The molecule has 1 aliphatic rings. The Bertz CT molecular complexity index is 799. The molecule has 1 aromatic heterocycles. The third kappa shape index (κ3) is 4.96. The normalized spacial score (nSPS) is 16.6. The van der Waals surface area contributed by atoms with Crippen LogP contribution in [-0.4, -0.2) is 57.9 Å². The number of nitrogens with one attached hydrogen (secondary N) is 1. The molecule has 1 aromatic carbocycles. The van der Waals surface area contributed by atoms with Crippen LogP contribution in [0.15, 0.2) is 39.7 Å². The number of benzene rings is 1. The standard InChI is InChI=1S/C20H28N4O4/c1-14-4-6-19(28-14)17(24-8-10-27-11-9-24)13-22-20(21)23-16-12-15(25-2)5-7-18(16)26-3/h4-7,12,17H,8-11,13H2,1-3H3,(H3,21,22,23). The fourth-order valence-corrected chi connectivity index (χ4v) is 3.18. The first-order valence-electron chi connectivity index (χ1n) is 9.28. The van der Waals surface area contributed by atoms with E-state index in [-0.39, 0.29) is 6.04 Å². The Hall–Kier alpha value is -2.71. The van der Waals surface area contributed by atoms with Crippen molar-refractivity contribution in [1.29, 1.82) is 0 Å². The Morgan fingerprint density at radius 1 is 1.21 bits per heavy atom. The van der Waals surface area contributed by atoms with Crippen LogP contribution >= 0.6 is 0 Å². The van der Waals surface area contributed by atoms with Crippen molar-refractivity contribution in [2.24, 2.45) is 10.7 Å². The summed E-state index contributed by atoms with van der Waals surface area (Å²) in [6, 6.07) is 9.43. The van der Waals surface area contributed by atoms with Gasteiger partial charge in [0.25, 0.3) is 0 Å². The third-order valence-corrected chi connectivity index (χ3v) is 4.68. The summed E-state index contributed by atoms with van der Waals surface area (Å²) in [5.74, 6) is 3.42. The number of nitrogens with zero attached hydrogens (tertiary/aromatic N) is 2. The number of rotatable bonds is 7. The maximum atomic E-state index is 6.15. The van der Waals surface area contributed by atoms with Gasteiger partial charge in [0.05, 0.1) is 45.7 Å². The van der Waals surface area contributed by atoms with Gasteiger partial charge in [-0.25, -0.2) is 0 Å². The minimum atomic E-state index is 0.00477. The summed E-state index contributed by atoms with van der Waals surface area (Å²) >= 11 is 0. The molecule has 2 heterocycles. The predicted molar refractivity (Wildman–Crippen MR) is 108 cm³/mol. The van der Waals surface area contributed by atoms with Gasteiger partial charge in [-0.15, -0.1) is 0 Å². The highest BCUT2D eigenvalue weighted by Gasteiger charge is 2.25. The minimum Gasteiger partial charge on any atom is -0.497 e. The first kappa shape index (κ1) is 20.0. The Labute approximate surface area is 165 Å². The quantitative estimate of drug-likeness (QED) is 0.555. The van der Waals surface area contributed by atoms with Crippen molar-refractivity contribution in [3.63, 3.8) is 0 Å². The van der Waals surface area contributed by atoms with Gasteiger partial charge in [-0.05, 0) is 31.2 Å². The summed E-state index contributed by atoms with van der Waals surface area (Å²) in [4.78, 5) is 6.87. The molecule has 1 atom stereocenters. The Kier molecular flexibility index (Phi) is 6.78. The number of guanidine groups is 1. The second kappa shape index (κ2) is 9.48. The molecule has 1 fully saturated rings. The van der Waals surface area contributed by atoms with E-state index in [9.17, 15) is 0 Å². The number of hydrogen-bond acceptors (Lipinski definition) is 6. The van der Waals surface area contributed by atoms with Gasteiger partial charge in [-0.1, -0.05) is 0 Å². The van der Waals surface area contributed by atoms with Gasteiger partial charge in [0, 0.05) is 19.2 Å². The maximum Gasteiger partial charge on any atom is 0.193 e. The van der Waals surface area contributed by atoms with Crippen LogP contribution in [0, 0.1) is 6.92 Å². The number of ether oxygens (including phenoxy) is 3. The molecule has 1 unspecified atom stereocenters. The molecule has 1 saturated heterocycles. The number of morpholine rings is 1. The zero-order chi connectivity index (χ0) is 19.9. The lowest BCUT2D eigenvalue weighted by Gasteiger charge is -2.32. The molecule has 3 rings (SSSR count). The van der Waals surface area contributed by atoms with E-state index in [2.05, 4.69) is 15.2 Å². The number of anilines is 1. The van der Waals surface area contributed by atoms with Crippen LogP contribution < -0.4 is 20.5 Å². The Morgan fingerprint density at radius 3 is 2.64 bits per heavy atom. The Balaban J connectivity index is 1.75. The fourth-order valence-electron chi connectivity index (χ4n) is 3.18. The van der Waals surface area contributed by atoms with Gasteiger partial charge in [0.1, 0.15) is 23.0 Å². The monoisotopic (exact) mass is 388 g/mol. The summed E-state index contributed by atoms with van der Waals surface area (Å²) < 4.78 is 22.0. The smallest absolute Gasteiger partial charge is 0.193 e. The van der Waals surface area contributed by atoms with Gasteiger partial charge in [0.15, 0.2) is 5.96 Å². The van der Waals surface area contributed by atoms with Gasteiger partial charge in [-0.3, -0.25) is 9.89 Å². The van der Waals surface area contributed by atoms with Crippen LogP contribution in [0.25, 0.3) is 0 Å². The second-order valence-corrected chi connectivity index (χ2v) is 6.53. The molecule has 0 spiro atoms. The zero-order valence-corrected chi connectivity index (χ0v) is 16.6. The summed E-state index contributed by atoms with van der Waals surface area (Å²) in [5, 5.41) is 3.10. The van der Waals surface area contributed by atoms with Crippen molar-refractivity contribution in [2.75, 3.05) is 52.4 Å². The SMILES string of the molecule is COc1ccc(OC)c(NC(N)=NCC(c2ccc(C)o2)N2CCOCC2)c1. The predicted octanol–water partition coefficient (Wildman–Crippen LogP) is 2.41. The van der Waals surface area contributed by atoms with Gasteiger partial charge >= 0.3 is 0 Å². The molecule has 3 N–H and O–H groups in total. The number of aryl methyl sites for hydroxylation is 1. The lowest BCUT2D eigenvalue weighted by Crippen LogP contribution is -2.40. The van der Waals surface area contributed by atoms with E-state index >= 15 is 0 Å². The first-order chi connectivity index (χ1) is 13.6. The topological polar surface area (TPSA) is 94.5 Å². The van der Waals surface area contributed by atoms with Crippen molar-refractivity contribution in [3.8, 4) is 11.5 Å². The van der Waals surface area contributed by atoms with E-state index < -0.39 is 0 Å². The van der Waals surface area contributed by atoms with E-state index in [1.807, 2.05) is 37.3 Å². The molecular formula is C20H28N4O4. The van der Waals surface area contributed by atoms with Gasteiger partial charge in [-0.2, -0.15) is 0 Å².